The molecule has 0 amide bonds. The molecule has 0 aliphatic carbocycles. The van der Waals surface area contributed by atoms with Gasteiger partial charge in [0, 0.05) is 23.3 Å². The van der Waals surface area contributed by atoms with Crippen molar-refractivity contribution in [3.05, 3.63) is 86.4 Å². The van der Waals surface area contributed by atoms with Gasteiger partial charge in [0.15, 0.2) is 5.78 Å². The minimum Gasteiger partial charge on any atom is -0.289 e. The number of rotatable bonds is 6. The first-order valence-corrected chi connectivity index (χ1v) is 10.0. The lowest BCUT2D eigenvalue weighted by molar-refractivity contribution is -0.384. The summed E-state index contributed by atoms with van der Waals surface area (Å²) in [4.78, 5) is 27.9. The highest BCUT2D eigenvalue weighted by Gasteiger charge is 2.30. The molecule has 0 saturated heterocycles. The number of aromatic nitrogens is 1. The first-order valence-electron chi connectivity index (χ1n) is 9.21. The van der Waals surface area contributed by atoms with Crippen LogP contribution in [0, 0.1) is 10.1 Å². The fourth-order valence-corrected chi connectivity index (χ4v) is 3.93. The molecule has 160 valence electrons. The third kappa shape index (κ3) is 5.24. The summed E-state index contributed by atoms with van der Waals surface area (Å²) in [6.45, 7) is 3.86. The second-order valence-corrected chi connectivity index (χ2v) is 8.03. The van der Waals surface area contributed by atoms with E-state index in [1.54, 1.807) is 6.08 Å². The highest BCUT2D eigenvalue weighted by Crippen LogP contribution is 2.35. The molecule has 1 aromatic heterocycles. The van der Waals surface area contributed by atoms with Crippen molar-refractivity contribution in [2.24, 2.45) is 0 Å². The maximum absolute atomic E-state index is 12.8. The predicted molar refractivity (Wildman–Crippen MR) is 113 cm³/mol. The molecular formula is C22H17F3N2O3S. The molecule has 0 radical (unpaired) electrons. The molecule has 3 aromatic rings. The molecule has 3 rings (SSSR count). The van der Waals surface area contributed by atoms with Crippen molar-refractivity contribution in [2.45, 2.75) is 25.9 Å². The van der Waals surface area contributed by atoms with Gasteiger partial charge in [-0.3, -0.25) is 14.9 Å². The highest BCUT2D eigenvalue weighted by atomic mass is 32.1. The number of ketones is 1. The normalized spacial score (nSPS) is 11.9. The van der Waals surface area contributed by atoms with Gasteiger partial charge in [-0.2, -0.15) is 13.2 Å². The Morgan fingerprint density at radius 2 is 1.71 bits per heavy atom. The summed E-state index contributed by atoms with van der Waals surface area (Å²) < 4.78 is 38.4. The van der Waals surface area contributed by atoms with Crippen LogP contribution < -0.4 is 0 Å². The number of halogens is 3. The molecule has 0 bridgehead atoms. The van der Waals surface area contributed by atoms with Crippen LogP contribution in [0.1, 0.15) is 46.3 Å². The summed E-state index contributed by atoms with van der Waals surface area (Å²) in [5, 5.41) is 11.3. The molecular weight excluding hydrogens is 429 g/mol. The molecule has 0 unspecified atom stereocenters. The van der Waals surface area contributed by atoms with E-state index < -0.39 is 16.7 Å². The number of hydrogen-bond acceptors (Lipinski definition) is 5. The molecule has 0 saturated carbocycles. The van der Waals surface area contributed by atoms with Gasteiger partial charge in [0.1, 0.15) is 5.01 Å². The van der Waals surface area contributed by atoms with Crippen molar-refractivity contribution >= 4 is 28.9 Å². The van der Waals surface area contributed by atoms with E-state index in [2.05, 4.69) is 4.98 Å². The molecule has 2 aromatic carbocycles. The smallest absolute Gasteiger partial charge is 0.289 e. The van der Waals surface area contributed by atoms with E-state index in [9.17, 15) is 28.1 Å². The average Bonchev–Trinajstić information content (AvgIpc) is 3.16. The number of nitrogens with zero attached hydrogens (tertiary/aromatic N) is 2. The van der Waals surface area contributed by atoms with E-state index in [0.29, 0.717) is 16.1 Å². The third-order valence-corrected chi connectivity index (χ3v) is 5.52. The number of carbonyl (C=O) groups excluding carboxylic acids is 1. The molecule has 0 aliphatic heterocycles. The zero-order chi connectivity index (χ0) is 22.8. The molecule has 1 heterocycles. The molecule has 0 spiro atoms. The zero-order valence-corrected chi connectivity index (χ0v) is 17.3. The van der Waals surface area contributed by atoms with Crippen LogP contribution in [0.3, 0.4) is 0 Å². The van der Waals surface area contributed by atoms with Crippen molar-refractivity contribution in [3.8, 4) is 10.6 Å². The number of nitro benzene ring substituents is 1. The van der Waals surface area contributed by atoms with Gasteiger partial charge in [0.25, 0.3) is 5.69 Å². The fourth-order valence-electron chi connectivity index (χ4n) is 2.80. The Morgan fingerprint density at radius 3 is 2.23 bits per heavy atom. The van der Waals surface area contributed by atoms with E-state index in [1.807, 2.05) is 13.8 Å². The SMILES string of the molecule is CC(C)c1nc(-c2ccc(C(F)(F)F)cc2)sc1C=CC(=O)c1ccc([N+](=O)[O-])cc1. The van der Waals surface area contributed by atoms with Gasteiger partial charge >= 0.3 is 6.18 Å². The maximum Gasteiger partial charge on any atom is 0.416 e. The topological polar surface area (TPSA) is 73.1 Å². The van der Waals surface area contributed by atoms with Crippen LogP contribution in [0.5, 0.6) is 0 Å². The standard InChI is InChI=1S/C22H17F3N2O3S/c1-13(2)20-19(12-11-18(28)14-5-9-17(10-6-14)27(29)30)31-21(26-20)15-3-7-16(8-4-15)22(23,24)25/h3-13H,1-2H3. The van der Waals surface area contributed by atoms with Crippen LogP contribution in [0.4, 0.5) is 18.9 Å². The maximum atomic E-state index is 12.8. The van der Waals surface area contributed by atoms with Crippen molar-refractivity contribution in [2.75, 3.05) is 0 Å². The number of non-ortho nitro benzene ring substituents is 1. The van der Waals surface area contributed by atoms with E-state index in [0.717, 1.165) is 22.7 Å². The molecule has 0 aliphatic rings. The van der Waals surface area contributed by atoms with Gasteiger partial charge in [0.2, 0.25) is 0 Å². The van der Waals surface area contributed by atoms with Crippen molar-refractivity contribution in [3.63, 3.8) is 0 Å². The number of alkyl halides is 3. The van der Waals surface area contributed by atoms with Gasteiger partial charge in [-0.25, -0.2) is 4.98 Å². The lowest BCUT2D eigenvalue weighted by atomic mass is 10.1. The average molecular weight is 446 g/mol. The Hall–Kier alpha value is -3.33. The first kappa shape index (κ1) is 22.4. The number of benzene rings is 2. The van der Waals surface area contributed by atoms with Gasteiger partial charge in [-0.15, -0.1) is 11.3 Å². The Balaban J connectivity index is 1.86. The second-order valence-electron chi connectivity index (χ2n) is 7.00. The van der Waals surface area contributed by atoms with Gasteiger partial charge in [0.05, 0.1) is 21.1 Å². The predicted octanol–water partition coefficient (Wildman–Crippen LogP) is 6.76. The lowest BCUT2D eigenvalue weighted by Gasteiger charge is -2.06. The summed E-state index contributed by atoms with van der Waals surface area (Å²) in [6.07, 6.45) is -1.43. The fraction of sp³-hybridized carbons (Fsp3) is 0.182. The van der Waals surface area contributed by atoms with Crippen LogP contribution in [-0.4, -0.2) is 15.7 Å². The molecule has 0 N–H and O–H groups in total. The number of carbonyl (C=O) groups is 1. The van der Waals surface area contributed by atoms with Crippen LogP contribution in [0.2, 0.25) is 0 Å². The van der Waals surface area contributed by atoms with Gasteiger partial charge in [-0.05, 0) is 42.3 Å². The van der Waals surface area contributed by atoms with Crippen LogP contribution in [0.25, 0.3) is 16.6 Å². The highest BCUT2D eigenvalue weighted by molar-refractivity contribution is 7.16. The van der Waals surface area contributed by atoms with Crippen LogP contribution in [0.15, 0.2) is 54.6 Å². The number of allylic oxidation sites excluding steroid dienone is 1. The number of nitro groups is 1. The van der Waals surface area contributed by atoms with E-state index >= 15 is 0 Å². The lowest BCUT2D eigenvalue weighted by Crippen LogP contribution is -2.03. The van der Waals surface area contributed by atoms with E-state index in [-0.39, 0.29) is 17.4 Å². The Morgan fingerprint density at radius 1 is 1.10 bits per heavy atom. The number of hydrogen-bond donors (Lipinski definition) is 0. The van der Waals surface area contributed by atoms with Crippen molar-refractivity contribution in [1.82, 2.24) is 4.98 Å². The zero-order valence-electron chi connectivity index (χ0n) is 16.5. The van der Waals surface area contributed by atoms with Gasteiger partial charge < -0.3 is 0 Å². The van der Waals surface area contributed by atoms with Crippen LogP contribution in [-0.2, 0) is 6.18 Å². The van der Waals surface area contributed by atoms with Gasteiger partial charge in [-0.1, -0.05) is 26.0 Å². The monoisotopic (exact) mass is 446 g/mol. The Kier molecular flexibility index (Phi) is 6.35. The number of thiazole rings is 1. The summed E-state index contributed by atoms with van der Waals surface area (Å²) >= 11 is 1.28. The molecule has 31 heavy (non-hydrogen) atoms. The van der Waals surface area contributed by atoms with Crippen molar-refractivity contribution in [1.29, 1.82) is 0 Å². The largest absolute Gasteiger partial charge is 0.416 e. The summed E-state index contributed by atoms with van der Waals surface area (Å²) in [6, 6.07) is 10.1. The molecule has 5 nitrogen and oxygen atoms in total. The molecule has 9 heteroatoms. The minimum atomic E-state index is -4.41. The molecule has 0 fully saturated rings. The summed E-state index contributed by atoms with van der Waals surface area (Å²) in [5.41, 5.74) is 0.756. The van der Waals surface area contributed by atoms with Crippen LogP contribution >= 0.6 is 11.3 Å². The second kappa shape index (κ2) is 8.81. The Bertz CT molecular complexity index is 1130. The Labute approximate surface area is 180 Å². The van der Waals surface area contributed by atoms with E-state index in [4.69, 9.17) is 0 Å². The first-order chi connectivity index (χ1) is 14.6. The minimum absolute atomic E-state index is 0.0357. The van der Waals surface area contributed by atoms with Crippen molar-refractivity contribution < 1.29 is 22.9 Å². The molecule has 0 atom stereocenters. The summed E-state index contributed by atoms with van der Waals surface area (Å²) in [7, 11) is 0. The third-order valence-electron chi connectivity index (χ3n) is 4.44. The summed E-state index contributed by atoms with van der Waals surface area (Å²) in [5.74, 6) is -0.289. The quantitative estimate of drug-likeness (QED) is 0.182. The van der Waals surface area contributed by atoms with E-state index in [1.165, 1.54) is 53.8 Å².